The molecular weight excluding hydrogens is 346 g/mol. The summed E-state index contributed by atoms with van der Waals surface area (Å²) in [6.45, 7) is 0.668. The monoisotopic (exact) mass is 361 g/mol. The average molecular weight is 363 g/mol. The quantitative estimate of drug-likeness (QED) is 0.877. The predicted molar refractivity (Wildman–Crippen MR) is 77.5 cm³/mol. The molecule has 94 valence electrons. The molecule has 1 saturated carbocycles. The summed E-state index contributed by atoms with van der Waals surface area (Å²) in [5.74, 6) is 0.928. The second-order valence-corrected chi connectivity index (χ2v) is 6.16. The van der Waals surface area contributed by atoms with Gasteiger partial charge in [-0.3, -0.25) is 0 Å². The topological polar surface area (TPSA) is 35.2 Å². The first-order valence-corrected chi connectivity index (χ1v) is 7.64. The highest BCUT2D eigenvalue weighted by molar-refractivity contribution is 9.11. The van der Waals surface area contributed by atoms with E-state index in [-0.39, 0.29) is 0 Å². The molecule has 4 heteroatoms. The lowest BCUT2D eigenvalue weighted by Crippen LogP contribution is -2.12. The molecule has 1 aromatic carbocycles. The van der Waals surface area contributed by atoms with Gasteiger partial charge < -0.3 is 10.5 Å². The van der Waals surface area contributed by atoms with Gasteiger partial charge in [-0.1, -0.05) is 0 Å². The van der Waals surface area contributed by atoms with Crippen molar-refractivity contribution in [1.29, 1.82) is 0 Å². The molecule has 2 rings (SSSR count). The summed E-state index contributed by atoms with van der Waals surface area (Å²) in [5, 5.41) is 0. The fourth-order valence-electron chi connectivity index (χ4n) is 2.21. The van der Waals surface area contributed by atoms with E-state index in [1.165, 1.54) is 31.2 Å². The van der Waals surface area contributed by atoms with Crippen molar-refractivity contribution in [2.24, 2.45) is 5.73 Å². The molecule has 1 fully saturated rings. The summed E-state index contributed by atoms with van der Waals surface area (Å²) in [6, 6.07) is 4.20. The first kappa shape index (κ1) is 13.4. The number of hydrogen-bond acceptors (Lipinski definition) is 2. The van der Waals surface area contributed by atoms with Crippen LogP contribution in [0.15, 0.2) is 21.1 Å². The Kier molecular flexibility index (Phi) is 4.88. The highest BCUT2D eigenvalue weighted by Crippen LogP contribution is 2.37. The summed E-state index contributed by atoms with van der Waals surface area (Å²) in [5.41, 5.74) is 6.80. The van der Waals surface area contributed by atoms with Gasteiger partial charge in [-0.15, -0.1) is 0 Å². The minimum absolute atomic E-state index is 0.378. The van der Waals surface area contributed by atoms with Crippen molar-refractivity contribution in [3.8, 4) is 5.75 Å². The smallest absolute Gasteiger partial charge is 0.148 e. The molecule has 0 saturated heterocycles. The van der Waals surface area contributed by atoms with E-state index in [9.17, 15) is 0 Å². The zero-order valence-electron chi connectivity index (χ0n) is 9.72. The lowest BCUT2D eigenvalue weighted by molar-refractivity contribution is 0.207. The third-order valence-electron chi connectivity index (χ3n) is 3.08. The molecule has 0 unspecified atom stereocenters. The minimum Gasteiger partial charge on any atom is -0.488 e. The molecule has 0 aliphatic heterocycles. The number of nitrogens with two attached hydrogens (primary N) is 1. The lowest BCUT2D eigenvalue weighted by Gasteiger charge is -2.17. The van der Waals surface area contributed by atoms with E-state index in [1.54, 1.807) is 0 Å². The van der Waals surface area contributed by atoms with Crippen LogP contribution in [0.1, 0.15) is 31.2 Å². The Morgan fingerprint density at radius 2 is 1.76 bits per heavy atom. The van der Waals surface area contributed by atoms with E-state index in [0.717, 1.165) is 21.1 Å². The summed E-state index contributed by atoms with van der Waals surface area (Å²) < 4.78 is 8.08. The number of ether oxygens (including phenoxy) is 1. The summed E-state index contributed by atoms with van der Waals surface area (Å²) >= 11 is 7.16. The van der Waals surface area contributed by atoms with Gasteiger partial charge in [0.2, 0.25) is 0 Å². The Morgan fingerprint density at radius 1 is 1.18 bits per heavy atom. The maximum atomic E-state index is 6.04. The molecule has 0 atom stereocenters. The molecule has 0 heterocycles. The van der Waals surface area contributed by atoms with Gasteiger partial charge in [-0.2, -0.15) is 0 Å². The second-order valence-electron chi connectivity index (χ2n) is 4.45. The number of benzene rings is 1. The fourth-order valence-corrected chi connectivity index (χ4v) is 3.68. The van der Waals surface area contributed by atoms with Gasteiger partial charge in [0.05, 0.1) is 15.0 Å². The van der Waals surface area contributed by atoms with Crippen LogP contribution in [0.3, 0.4) is 0 Å². The highest BCUT2D eigenvalue weighted by atomic mass is 79.9. The molecule has 1 aliphatic carbocycles. The molecule has 0 amide bonds. The Bertz CT molecular complexity index is 366. The van der Waals surface area contributed by atoms with Gasteiger partial charge in [0.1, 0.15) is 5.75 Å². The van der Waals surface area contributed by atoms with E-state index in [2.05, 4.69) is 44.0 Å². The third kappa shape index (κ3) is 3.46. The number of halogens is 2. The van der Waals surface area contributed by atoms with Crippen LogP contribution in [0.25, 0.3) is 0 Å². The largest absolute Gasteiger partial charge is 0.488 e. The van der Waals surface area contributed by atoms with Gasteiger partial charge >= 0.3 is 0 Å². The Balaban J connectivity index is 2.15. The van der Waals surface area contributed by atoms with Gasteiger partial charge in [0, 0.05) is 0 Å². The molecule has 0 spiro atoms. The maximum Gasteiger partial charge on any atom is 0.148 e. The van der Waals surface area contributed by atoms with E-state index in [4.69, 9.17) is 10.5 Å². The van der Waals surface area contributed by atoms with Crippen molar-refractivity contribution in [2.45, 2.75) is 38.2 Å². The summed E-state index contributed by atoms with van der Waals surface area (Å²) in [4.78, 5) is 0. The first-order chi connectivity index (χ1) is 8.20. The third-order valence-corrected chi connectivity index (χ3v) is 4.26. The van der Waals surface area contributed by atoms with Crippen LogP contribution in [-0.2, 0) is 6.42 Å². The average Bonchev–Trinajstić information content (AvgIpc) is 2.76. The van der Waals surface area contributed by atoms with E-state index < -0.39 is 0 Å². The minimum atomic E-state index is 0.378. The standard InChI is InChI=1S/C13H17Br2NO/c14-11-7-9(5-6-16)8-12(15)13(11)17-10-3-1-2-4-10/h7-8,10H,1-6,16H2. The van der Waals surface area contributed by atoms with E-state index >= 15 is 0 Å². The Hall–Kier alpha value is -0.0600. The SMILES string of the molecule is NCCc1cc(Br)c(OC2CCCC2)c(Br)c1. The van der Waals surface area contributed by atoms with Crippen molar-refractivity contribution < 1.29 is 4.74 Å². The molecule has 2 N–H and O–H groups in total. The van der Waals surface area contributed by atoms with Crippen LogP contribution in [0.4, 0.5) is 0 Å². The Morgan fingerprint density at radius 3 is 2.29 bits per heavy atom. The normalized spacial score (nSPS) is 16.4. The molecule has 1 aliphatic rings. The predicted octanol–water partition coefficient (Wildman–Crippen LogP) is 4.03. The van der Waals surface area contributed by atoms with Gasteiger partial charge in [0.15, 0.2) is 0 Å². The van der Waals surface area contributed by atoms with Crippen LogP contribution in [0.2, 0.25) is 0 Å². The van der Waals surface area contributed by atoms with Gasteiger partial charge in [-0.25, -0.2) is 0 Å². The van der Waals surface area contributed by atoms with Crippen LogP contribution in [0, 0.1) is 0 Å². The van der Waals surface area contributed by atoms with E-state index in [1.807, 2.05) is 0 Å². The summed E-state index contributed by atoms with van der Waals surface area (Å²) in [7, 11) is 0. The van der Waals surface area contributed by atoms with Crippen molar-refractivity contribution in [3.05, 3.63) is 26.6 Å². The van der Waals surface area contributed by atoms with Crippen LogP contribution < -0.4 is 10.5 Å². The van der Waals surface area contributed by atoms with Crippen molar-refractivity contribution >= 4 is 31.9 Å². The van der Waals surface area contributed by atoms with Crippen molar-refractivity contribution in [1.82, 2.24) is 0 Å². The zero-order valence-corrected chi connectivity index (χ0v) is 12.9. The maximum absolute atomic E-state index is 6.04. The number of rotatable bonds is 4. The van der Waals surface area contributed by atoms with E-state index in [0.29, 0.717) is 12.6 Å². The van der Waals surface area contributed by atoms with Crippen LogP contribution in [0.5, 0.6) is 5.75 Å². The molecule has 0 bridgehead atoms. The van der Waals surface area contributed by atoms with Crippen molar-refractivity contribution in [3.63, 3.8) is 0 Å². The Labute approximate surface area is 119 Å². The zero-order chi connectivity index (χ0) is 12.3. The van der Waals surface area contributed by atoms with Gasteiger partial charge in [-0.05, 0) is 88.2 Å². The lowest BCUT2D eigenvalue weighted by atomic mass is 10.1. The molecule has 17 heavy (non-hydrogen) atoms. The summed E-state index contributed by atoms with van der Waals surface area (Å²) in [6.07, 6.45) is 6.17. The van der Waals surface area contributed by atoms with Crippen LogP contribution >= 0.6 is 31.9 Å². The molecule has 0 aromatic heterocycles. The van der Waals surface area contributed by atoms with Crippen LogP contribution in [-0.4, -0.2) is 12.6 Å². The molecular formula is C13H17Br2NO. The molecule has 2 nitrogen and oxygen atoms in total. The van der Waals surface area contributed by atoms with Crippen molar-refractivity contribution in [2.75, 3.05) is 6.54 Å². The highest BCUT2D eigenvalue weighted by Gasteiger charge is 2.19. The molecule has 1 aromatic rings. The number of hydrogen-bond donors (Lipinski definition) is 1. The second kappa shape index (κ2) is 6.21. The molecule has 0 radical (unpaired) electrons. The fraction of sp³-hybridized carbons (Fsp3) is 0.538. The van der Waals surface area contributed by atoms with Gasteiger partial charge in [0.25, 0.3) is 0 Å². The first-order valence-electron chi connectivity index (χ1n) is 6.05.